The van der Waals surface area contributed by atoms with Crippen LogP contribution in [0.5, 0.6) is 0 Å². The minimum atomic E-state index is -3.57. The molecule has 2 aromatic rings. The van der Waals surface area contributed by atoms with Crippen molar-refractivity contribution < 1.29 is 18.0 Å². The first-order valence-electron chi connectivity index (χ1n) is 9.52. The summed E-state index contributed by atoms with van der Waals surface area (Å²) >= 11 is 1.19. The lowest BCUT2D eigenvalue weighted by atomic mass is 9.78. The quantitative estimate of drug-likeness (QED) is 0.748. The predicted molar refractivity (Wildman–Crippen MR) is 113 cm³/mol. The van der Waals surface area contributed by atoms with Gasteiger partial charge in [0.2, 0.25) is 10.0 Å². The van der Waals surface area contributed by atoms with Gasteiger partial charge >= 0.3 is 0 Å². The van der Waals surface area contributed by atoms with Crippen LogP contribution in [0, 0.1) is 5.41 Å². The van der Waals surface area contributed by atoms with Gasteiger partial charge in [0.1, 0.15) is 0 Å². The van der Waals surface area contributed by atoms with E-state index in [9.17, 15) is 18.0 Å². The van der Waals surface area contributed by atoms with Gasteiger partial charge in [-0.05, 0) is 36.1 Å². The largest absolute Gasteiger partial charge is 0.298 e. The molecule has 1 aliphatic rings. The summed E-state index contributed by atoms with van der Waals surface area (Å²) in [7, 11) is -3.57. The number of hydrogen-bond acceptors (Lipinski definition) is 6. The molecule has 1 amide bonds. The maximum Gasteiger partial charge on any atom is 0.257 e. The van der Waals surface area contributed by atoms with Gasteiger partial charge in [0.15, 0.2) is 10.9 Å². The van der Waals surface area contributed by atoms with E-state index in [1.807, 2.05) is 13.8 Å². The molecule has 0 aliphatic heterocycles. The van der Waals surface area contributed by atoms with Crippen molar-refractivity contribution in [3.05, 3.63) is 40.4 Å². The molecule has 1 aliphatic carbocycles. The zero-order valence-electron chi connectivity index (χ0n) is 17.0. The molecule has 1 aromatic carbocycles. The van der Waals surface area contributed by atoms with Crippen LogP contribution in [0.4, 0.5) is 5.13 Å². The number of nitrogens with one attached hydrogen (secondary N) is 1. The highest BCUT2D eigenvalue weighted by Crippen LogP contribution is 2.38. The Labute approximate surface area is 175 Å². The monoisotopic (exact) mass is 435 g/mol. The number of hydrogen-bond donors (Lipinski definition) is 1. The van der Waals surface area contributed by atoms with Crippen molar-refractivity contribution >= 4 is 38.2 Å². The van der Waals surface area contributed by atoms with Gasteiger partial charge in [-0.3, -0.25) is 14.9 Å². The number of thiazole rings is 1. The van der Waals surface area contributed by atoms with E-state index >= 15 is 0 Å². The van der Waals surface area contributed by atoms with E-state index in [4.69, 9.17) is 0 Å². The van der Waals surface area contributed by atoms with Crippen LogP contribution in [0.1, 0.15) is 59.8 Å². The highest BCUT2D eigenvalue weighted by Gasteiger charge is 2.34. The van der Waals surface area contributed by atoms with Crippen LogP contribution in [0.3, 0.4) is 0 Å². The number of rotatable bonds is 6. The molecule has 0 bridgehead atoms. The Morgan fingerprint density at radius 3 is 2.38 bits per heavy atom. The third kappa shape index (κ3) is 4.41. The van der Waals surface area contributed by atoms with Crippen molar-refractivity contribution in [3.63, 3.8) is 0 Å². The molecule has 0 fully saturated rings. The maximum absolute atomic E-state index is 12.6. The van der Waals surface area contributed by atoms with E-state index in [0.29, 0.717) is 41.5 Å². The number of anilines is 1. The normalized spacial score (nSPS) is 16.0. The van der Waals surface area contributed by atoms with E-state index < -0.39 is 15.9 Å². The summed E-state index contributed by atoms with van der Waals surface area (Å²) < 4.78 is 26.5. The number of Topliss-reactive ketones (excluding diaryl/α,β-unsaturated/α-hetero) is 1. The fraction of sp³-hybridized carbons (Fsp3) is 0.450. The summed E-state index contributed by atoms with van der Waals surface area (Å²) in [4.78, 5) is 30.0. The van der Waals surface area contributed by atoms with Gasteiger partial charge in [-0.1, -0.05) is 39.0 Å². The molecule has 1 aromatic heterocycles. The van der Waals surface area contributed by atoms with E-state index in [-0.39, 0.29) is 16.1 Å². The molecular formula is C20H25N3O4S2. The molecule has 0 saturated carbocycles. The molecule has 0 spiro atoms. The summed E-state index contributed by atoms with van der Waals surface area (Å²) in [6, 6.07) is 5.82. The van der Waals surface area contributed by atoms with Gasteiger partial charge in [0.05, 0.1) is 15.5 Å². The Morgan fingerprint density at radius 2 is 1.79 bits per heavy atom. The van der Waals surface area contributed by atoms with Crippen molar-refractivity contribution in [2.24, 2.45) is 5.41 Å². The second-order valence-electron chi connectivity index (χ2n) is 7.80. The van der Waals surface area contributed by atoms with Gasteiger partial charge in [0.25, 0.3) is 5.91 Å². The van der Waals surface area contributed by atoms with Gasteiger partial charge < -0.3 is 0 Å². The van der Waals surface area contributed by atoms with Gasteiger partial charge in [-0.15, -0.1) is 0 Å². The Balaban J connectivity index is 1.77. The average molecular weight is 436 g/mol. The summed E-state index contributed by atoms with van der Waals surface area (Å²) in [5.74, 6) is -0.338. The summed E-state index contributed by atoms with van der Waals surface area (Å²) in [5, 5.41) is 3.10. The molecule has 7 nitrogen and oxygen atoms in total. The van der Waals surface area contributed by atoms with Crippen LogP contribution in [0.2, 0.25) is 0 Å². The van der Waals surface area contributed by atoms with Crippen molar-refractivity contribution in [2.75, 3.05) is 18.4 Å². The number of ketones is 1. The third-order valence-electron chi connectivity index (χ3n) is 4.92. The second-order valence-corrected chi connectivity index (χ2v) is 10.7. The number of fused-ring (bicyclic) bond motifs is 1. The third-order valence-corrected chi connectivity index (χ3v) is 8.03. The van der Waals surface area contributed by atoms with Crippen LogP contribution in [0.25, 0.3) is 0 Å². The maximum atomic E-state index is 12.6. The zero-order chi connectivity index (χ0) is 21.4. The molecular weight excluding hydrogens is 410 g/mol. The van der Waals surface area contributed by atoms with E-state index in [1.165, 1.54) is 39.9 Å². The van der Waals surface area contributed by atoms with Crippen molar-refractivity contribution in [3.8, 4) is 0 Å². The molecule has 0 unspecified atom stereocenters. The number of benzene rings is 1. The number of aromatic nitrogens is 1. The van der Waals surface area contributed by atoms with E-state index in [0.717, 1.165) is 5.69 Å². The average Bonchev–Trinajstić information content (AvgIpc) is 3.04. The topological polar surface area (TPSA) is 96.4 Å². The first-order chi connectivity index (χ1) is 13.6. The lowest BCUT2D eigenvalue weighted by molar-refractivity contribution is 0.0915. The lowest BCUT2D eigenvalue weighted by Crippen LogP contribution is -2.30. The highest BCUT2D eigenvalue weighted by atomic mass is 32.2. The number of carbonyl (C=O) groups is 2. The zero-order valence-corrected chi connectivity index (χ0v) is 18.6. The van der Waals surface area contributed by atoms with Crippen molar-refractivity contribution in [1.29, 1.82) is 0 Å². The molecule has 0 atom stereocenters. The minimum absolute atomic E-state index is 0.0558. The predicted octanol–water partition coefficient (Wildman–Crippen LogP) is 3.58. The first-order valence-corrected chi connectivity index (χ1v) is 11.8. The van der Waals surface area contributed by atoms with Crippen LogP contribution in [-0.4, -0.2) is 42.5 Å². The molecule has 1 N–H and O–H groups in total. The molecule has 29 heavy (non-hydrogen) atoms. The fourth-order valence-corrected chi connectivity index (χ4v) is 5.81. The summed E-state index contributed by atoms with van der Waals surface area (Å²) in [5.41, 5.74) is 0.918. The molecule has 1 heterocycles. The first kappa shape index (κ1) is 21.6. The van der Waals surface area contributed by atoms with Gasteiger partial charge in [-0.2, -0.15) is 4.31 Å². The fourth-order valence-electron chi connectivity index (χ4n) is 3.43. The molecule has 0 radical (unpaired) electrons. The van der Waals surface area contributed by atoms with Gasteiger partial charge in [0, 0.05) is 25.1 Å². The lowest BCUT2D eigenvalue weighted by Gasteiger charge is -2.26. The van der Waals surface area contributed by atoms with Crippen LogP contribution >= 0.6 is 11.3 Å². The standard InChI is InChI=1S/C20H25N3O4S2/c1-5-23(6-2)29(26,27)14-9-7-13(8-10-14)18(25)22-19-21-15-11-20(3,4)12-16(24)17(15)28-19/h7-10H,5-6,11-12H2,1-4H3,(H,21,22,25). The minimum Gasteiger partial charge on any atom is -0.298 e. The summed E-state index contributed by atoms with van der Waals surface area (Å²) in [6.07, 6.45) is 1.16. The van der Waals surface area contributed by atoms with Gasteiger partial charge in [-0.25, -0.2) is 13.4 Å². The SMILES string of the molecule is CCN(CC)S(=O)(=O)c1ccc(C(=O)Nc2nc3c(s2)C(=O)CC(C)(C)C3)cc1. The number of carbonyl (C=O) groups excluding carboxylic acids is 2. The highest BCUT2D eigenvalue weighted by molar-refractivity contribution is 7.89. The smallest absolute Gasteiger partial charge is 0.257 e. The number of nitrogens with zero attached hydrogens (tertiary/aromatic N) is 2. The van der Waals surface area contributed by atoms with Crippen molar-refractivity contribution in [1.82, 2.24) is 9.29 Å². The Hall–Kier alpha value is -2.10. The number of amides is 1. The van der Waals surface area contributed by atoms with Crippen LogP contribution in [0.15, 0.2) is 29.2 Å². The molecule has 3 rings (SSSR count). The summed E-state index contributed by atoms with van der Waals surface area (Å²) in [6.45, 7) is 8.37. The van der Waals surface area contributed by atoms with Crippen LogP contribution < -0.4 is 5.32 Å². The van der Waals surface area contributed by atoms with E-state index in [1.54, 1.807) is 13.8 Å². The Morgan fingerprint density at radius 1 is 1.17 bits per heavy atom. The number of sulfonamides is 1. The molecule has 9 heteroatoms. The Kier molecular flexibility index (Phi) is 5.93. The molecule has 156 valence electrons. The van der Waals surface area contributed by atoms with Crippen LogP contribution in [-0.2, 0) is 16.4 Å². The Bertz CT molecular complexity index is 1040. The second kappa shape index (κ2) is 7.97. The molecule has 0 saturated heterocycles. The van der Waals surface area contributed by atoms with E-state index in [2.05, 4.69) is 10.3 Å². The van der Waals surface area contributed by atoms with Crippen molar-refractivity contribution in [2.45, 2.75) is 45.4 Å².